The number of unbranched alkanes of at least 4 members (excludes halogenated alkanes) is 4. The van der Waals surface area contributed by atoms with Crippen LogP contribution in [0.1, 0.15) is 57.9 Å². The van der Waals surface area contributed by atoms with Crippen LogP contribution in [0, 0.1) is 0 Å². The van der Waals surface area contributed by atoms with Gasteiger partial charge in [0, 0.05) is 6.54 Å². The summed E-state index contributed by atoms with van der Waals surface area (Å²) in [4.78, 5) is 0. The van der Waals surface area contributed by atoms with Crippen LogP contribution in [0.4, 0.5) is 5.69 Å². The van der Waals surface area contributed by atoms with E-state index in [9.17, 15) is 16.8 Å². The van der Waals surface area contributed by atoms with E-state index in [2.05, 4.69) is 0 Å². The Bertz CT molecular complexity index is 768. The number of rotatable bonds is 10. The molecule has 0 amide bonds. The molecule has 1 aliphatic heterocycles. The van der Waals surface area contributed by atoms with Crippen molar-refractivity contribution in [1.82, 2.24) is 0 Å². The van der Waals surface area contributed by atoms with Gasteiger partial charge in [-0.1, -0.05) is 31.4 Å². The first-order valence-corrected chi connectivity index (χ1v) is 12.9. The van der Waals surface area contributed by atoms with E-state index in [1.54, 1.807) is 13.8 Å². The first kappa shape index (κ1) is 21.2. The molecule has 1 fully saturated rings. The van der Waals surface area contributed by atoms with Gasteiger partial charge in [0.15, 0.2) is 9.84 Å². The average Bonchev–Trinajstić information content (AvgIpc) is 2.93. The third-order valence-corrected chi connectivity index (χ3v) is 9.10. The highest BCUT2D eigenvalue weighted by molar-refractivity contribution is 7.93. The lowest BCUT2D eigenvalue weighted by atomic mass is 10.1. The monoisotopic (exact) mass is 401 g/mol. The number of sulfonamides is 1. The summed E-state index contributed by atoms with van der Waals surface area (Å²) in [6, 6.07) is 7.82. The van der Waals surface area contributed by atoms with Crippen molar-refractivity contribution in [2.24, 2.45) is 0 Å². The molecule has 0 N–H and O–H groups in total. The third-order valence-electron chi connectivity index (χ3n) is 4.94. The summed E-state index contributed by atoms with van der Waals surface area (Å²) >= 11 is 0. The van der Waals surface area contributed by atoms with E-state index < -0.39 is 19.9 Å². The Labute approximate surface area is 158 Å². The smallest absolute Gasteiger partial charge is 0.235 e. The van der Waals surface area contributed by atoms with Gasteiger partial charge in [-0.3, -0.25) is 4.31 Å². The maximum atomic E-state index is 11.9. The summed E-state index contributed by atoms with van der Waals surface area (Å²) in [6.07, 6.45) is 6.58. The van der Waals surface area contributed by atoms with E-state index in [4.69, 9.17) is 0 Å². The summed E-state index contributed by atoms with van der Waals surface area (Å²) in [6.45, 7) is 4.05. The zero-order valence-electron chi connectivity index (χ0n) is 15.9. The molecule has 0 atom stereocenters. The highest BCUT2D eigenvalue weighted by Gasteiger charge is 2.28. The van der Waals surface area contributed by atoms with Crippen LogP contribution in [-0.2, 0) is 26.3 Å². The van der Waals surface area contributed by atoms with E-state index in [0.717, 1.165) is 44.2 Å². The third kappa shape index (κ3) is 5.98. The summed E-state index contributed by atoms with van der Waals surface area (Å²) in [5.74, 6) is 0.540. The topological polar surface area (TPSA) is 71.5 Å². The minimum atomic E-state index is -3.11. The number of nitrogens with zero attached hydrogens (tertiary/aromatic N) is 1. The van der Waals surface area contributed by atoms with Crippen LogP contribution in [0.5, 0.6) is 0 Å². The fourth-order valence-corrected chi connectivity index (χ4v) is 5.80. The van der Waals surface area contributed by atoms with E-state index in [1.807, 2.05) is 24.3 Å². The number of hydrogen-bond donors (Lipinski definition) is 0. The Balaban J connectivity index is 1.66. The molecule has 26 heavy (non-hydrogen) atoms. The van der Waals surface area contributed by atoms with Gasteiger partial charge in [0.05, 0.1) is 22.4 Å². The van der Waals surface area contributed by atoms with Gasteiger partial charge >= 0.3 is 0 Å². The van der Waals surface area contributed by atoms with Crippen LogP contribution < -0.4 is 4.31 Å². The summed E-state index contributed by atoms with van der Waals surface area (Å²) in [7, 11) is -6.01. The van der Waals surface area contributed by atoms with Crippen molar-refractivity contribution in [1.29, 1.82) is 0 Å². The van der Waals surface area contributed by atoms with Gasteiger partial charge in [-0.15, -0.1) is 0 Å². The molecule has 7 heteroatoms. The van der Waals surface area contributed by atoms with Crippen LogP contribution in [0.2, 0.25) is 0 Å². The minimum absolute atomic E-state index is 0.243. The summed E-state index contributed by atoms with van der Waals surface area (Å²) in [5.41, 5.74) is 1.98. The molecule has 0 radical (unpaired) electrons. The van der Waals surface area contributed by atoms with Crippen LogP contribution in [0.3, 0.4) is 0 Å². The molecule has 0 aliphatic carbocycles. The van der Waals surface area contributed by atoms with Gasteiger partial charge in [-0.05, 0) is 57.2 Å². The number of benzene rings is 1. The number of hydrogen-bond acceptors (Lipinski definition) is 4. The Kier molecular flexibility index (Phi) is 7.52. The van der Waals surface area contributed by atoms with Gasteiger partial charge in [0.25, 0.3) is 0 Å². The lowest BCUT2D eigenvalue weighted by molar-refractivity contribution is 0.577. The molecule has 1 aromatic carbocycles. The second kappa shape index (κ2) is 9.22. The highest BCUT2D eigenvalue weighted by Crippen LogP contribution is 2.24. The largest absolute Gasteiger partial charge is 0.270 e. The Morgan fingerprint density at radius 1 is 1.00 bits per heavy atom. The van der Waals surface area contributed by atoms with E-state index in [1.165, 1.54) is 9.87 Å². The van der Waals surface area contributed by atoms with E-state index in [-0.39, 0.29) is 11.0 Å². The van der Waals surface area contributed by atoms with Crippen molar-refractivity contribution in [2.45, 2.75) is 64.0 Å². The maximum absolute atomic E-state index is 11.9. The molecule has 5 nitrogen and oxygen atoms in total. The van der Waals surface area contributed by atoms with Crippen molar-refractivity contribution in [3.63, 3.8) is 0 Å². The zero-order valence-corrected chi connectivity index (χ0v) is 17.5. The van der Waals surface area contributed by atoms with Crippen LogP contribution >= 0.6 is 0 Å². The molecule has 1 heterocycles. The van der Waals surface area contributed by atoms with Crippen LogP contribution in [0.15, 0.2) is 24.3 Å². The van der Waals surface area contributed by atoms with E-state index in [0.29, 0.717) is 18.7 Å². The Morgan fingerprint density at radius 2 is 1.62 bits per heavy atom. The zero-order chi connectivity index (χ0) is 19.2. The predicted molar refractivity (Wildman–Crippen MR) is 108 cm³/mol. The molecule has 1 saturated heterocycles. The average molecular weight is 402 g/mol. The van der Waals surface area contributed by atoms with Gasteiger partial charge in [-0.25, -0.2) is 16.8 Å². The predicted octanol–water partition coefficient (Wildman–Crippen LogP) is 3.54. The fourth-order valence-electron chi connectivity index (χ4n) is 3.16. The molecule has 0 bridgehead atoms. The molecule has 0 saturated carbocycles. The second-order valence-corrected chi connectivity index (χ2v) is 12.0. The SMILES string of the molecule is CC(C)S(=O)(=O)CCCCCCCc1ccc(N2CCCS2(=O)=O)cc1. The summed E-state index contributed by atoms with van der Waals surface area (Å²) < 4.78 is 48.8. The van der Waals surface area contributed by atoms with Crippen molar-refractivity contribution >= 4 is 25.5 Å². The van der Waals surface area contributed by atoms with Gasteiger partial charge < -0.3 is 0 Å². The first-order valence-electron chi connectivity index (χ1n) is 9.53. The van der Waals surface area contributed by atoms with Gasteiger partial charge in [-0.2, -0.15) is 0 Å². The second-order valence-electron chi connectivity index (χ2n) is 7.34. The Hall–Kier alpha value is -1.08. The summed E-state index contributed by atoms with van der Waals surface area (Å²) in [5, 5.41) is -0.277. The molecule has 148 valence electrons. The number of sulfone groups is 1. The van der Waals surface area contributed by atoms with Gasteiger partial charge in [0.2, 0.25) is 10.0 Å². The minimum Gasteiger partial charge on any atom is -0.270 e. The van der Waals surface area contributed by atoms with Crippen LogP contribution in [-0.4, -0.2) is 40.1 Å². The maximum Gasteiger partial charge on any atom is 0.235 e. The highest BCUT2D eigenvalue weighted by atomic mass is 32.2. The molecule has 0 unspecified atom stereocenters. The quantitative estimate of drug-likeness (QED) is 0.562. The molecule has 2 rings (SSSR count). The molecule has 0 spiro atoms. The molecular formula is C19H31NO4S2. The molecule has 0 aromatic heterocycles. The fraction of sp³-hybridized carbons (Fsp3) is 0.684. The molecule has 1 aliphatic rings. The lowest BCUT2D eigenvalue weighted by Crippen LogP contribution is -2.24. The molecule has 1 aromatic rings. The standard InChI is InChI=1S/C19H31NO4S2/c1-17(2)25(21,22)15-7-5-3-4-6-9-18-10-12-19(13-11-18)20-14-8-16-26(20,23)24/h10-13,17H,3-9,14-16H2,1-2H3. The number of anilines is 1. The van der Waals surface area contributed by atoms with Crippen LogP contribution in [0.25, 0.3) is 0 Å². The number of aryl methyl sites for hydroxylation is 1. The van der Waals surface area contributed by atoms with Crippen molar-refractivity contribution in [3.8, 4) is 0 Å². The van der Waals surface area contributed by atoms with Crippen molar-refractivity contribution in [2.75, 3.05) is 22.4 Å². The van der Waals surface area contributed by atoms with Crippen molar-refractivity contribution in [3.05, 3.63) is 29.8 Å². The molecular weight excluding hydrogens is 370 g/mol. The van der Waals surface area contributed by atoms with Gasteiger partial charge in [0.1, 0.15) is 0 Å². The lowest BCUT2D eigenvalue weighted by Gasteiger charge is -2.17. The first-order chi connectivity index (χ1) is 12.2. The van der Waals surface area contributed by atoms with Crippen molar-refractivity contribution < 1.29 is 16.8 Å². The normalized spacial score (nSPS) is 17.1. The Morgan fingerprint density at radius 3 is 2.19 bits per heavy atom. The van der Waals surface area contributed by atoms with E-state index >= 15 is 0 Å².